The van der Waals surface area contributed by atoms with Crippen LogP contribution in [0.25, 0.3) is 0 Å². The van der Waals surface area contributed by atoms with Gasteiger partial charge >= 0.3 is 12.1 Å². The number of nitrogens with zero attached hydrogens (tertiary/aromatic N) is 6. The second kappa shape index (κ2) is 14.0. The van der Waals surface area contributed by atoms with Gasteiger partial charge in [-0.25, -0.2) is 22.3 Å². The minimum atomic E-state index is -4.06. The maximum atomic E-state index is 13.5. The topological polar surface area (TPSA) is 158 Å². The number of carboxylic acids is 1. The number of aryl methyl sites for hydroxylation is 1. The monoisotopic (exact) mass is 633 g/mol. The Kier molecular flexibility index (Phi) is 10.2. The summed E-state index contributed by atoms with van der Waals surface area (Å²) in [5.74, 6) is -1.05. The van der Waals surface area contributed by atoms with Crippen molar-refractivity contribution in [2.24, 2.45) is 0 Å². The number of sulfonamides is 1. The number of benzene rings is 3. The standard InChI is InChI=1S/C31H35N7O6S/c1-21-11-17-25(18-12-21)45(42,43)38(5)30-34-28(33-29(35-30)37(4)20-23-9-7-6-8-10-23)32-26(27(39)40)19-22-13-15-24(16-14-22)44-31(41)36(2)3/h6-18,26H,19-20H2,1-5H3,(H,39,40)(H,32,33,34,35)/t26-/m0/s1. The first kappa shape index (κ1) is 32.7. The second-order valence-electron chi connectivity index (χ2n) is 10.5. The molecule has 4 aromatic rings. The fraction of sp³-hybridized carbons (Fsp3) is 0.258. The van der Waals surface area contributed by atoms with E-state index in [0.717, 1.165) is 15.4 Å². The highest BCUT2D eigenvalue weighted by molar-refractivity contribution is 7.92. The lowest BCUT2D eigenvalue weighted by Crippen LogP contribution is -2.34. The first-order valence-corrected chi connectivity index (χ1v) is 15.3. The highest BCUT2D eigenvalue weighted by Gasteiger charge is 2.27. The Bertz CT molecular complexity index is 1730. The molecule has 236 valence electrons. The first-order valence-electron chi connectivity index (χ1n) is 13.9. The molecule has 0 radical (unpaired) electrons. The van der Waals surface area contributed by atoms with Gasteiger partial charge in [0, 0.05) is 41.2 Å². The van der Waals surface area contributed by atoms with Crippen LogP contribution in [0.4, 0.5) is 22.6 Å². The van der Waals surface area contributed by atoms with Gasteiger partial charge in [-0.1, -0.05) is 60.2 Å². The molecule has 1 heterocycles. The third-order valence-corrected chi connectivity index (χ3v) is 8.46. The van der Waals surface area contributed by atoms with Crippen molar-refractivity contribution in [1.82, 2.24) is 19.9 Å². The Balaban J connectivity index is 1.65. The third-order valence-electron chi connectivity index (χ3n) is 6.71. The van der Waals surface area contributed by atoms with E-state index < -0.39 is 28.1 Å². The normalized spacial score (nSPS) is 11.8. The van der Waals surface area contributed by atoms with Gasteiger partial charge in [-0.15, -0.1) is 0 Å². The number of aliphatic carboxylic acids is 1. The van der Waals surface area contributed by atoms with Crippen LogP contribution in [-0.4, -0.2) is 79.7 Å². The van der Waals surface area contributed by atoms with Crippen LogP contribution in [0.2, 0.25) is 0 Å². The molecule has 0 fully saturated rings. The SMILES string of the molecule is Cc1ccc(S(=O)(=O)N(C)c2nc(N[C@@H](Cc3ccc(OC(=O)N(C)C)cc3)C(=O)O)nc(N(C)Cc3ccccc3)n2)cc1. The van der Waals surface area contributed by atoms with E-state index in [1.165, 1.54) is 24.1 Å². The lowest BCUT2D eigenvalue weighted by atomic mass is 10.1. The smallest absolute Gasteiger partial charge is 0.414 e. The van der Waals surface area contributed by atoms with Crippen LogP contribution in [0.5, 0.6) is 5.75 Å². The molecular weight excluding hydrogens is 598 g/mol. The van der Waals surface area contributed by atoms with Gasteiger partial charge in [-0.05, 0) is 42.3 Å². The number of nitrogens with one attached hydrogen (secondary N) is 1. The Hall–Kier alpha value is -5.24. The van der Waals surface area contributed by atoms with Crippen LogP contribution in [0.15, 0.2) is 83.8 Å². The van der Waals surface area contributed by atoms with Crippen molar-refractivity contribution < 1.29 is 27.9 Å². The van der Waals surface area contributed by atoms with Crippen LogP contribution in [0, 0.1) is 6.92 Å². The van der Waals surface area contributed by atoms with Gasteiger partial charge in [-0.2, -0.15) is 15.0 Å². The van der Waals surface area contributed by atoms with Crippen molar-refractivity contribution in [3.8, 4) is 5.75 Å². The van der Waals surface area contributed by atoms with E-state index in [1.807, 2.05) is 37.3 Å². The maximum Gasteiger partial charge on any atom is 0.414 e. The number of ether oxygens (including phenoxy) is 1. The molecule has 0 unspecified atom stereocenters. The summed E-state index contributed by atoms with van der Waals surface area (Å²) >= 11 is 0. The van der Waals surface area contributed by atoms with E-state index in [2.05, 4.69) is 20.3 Å². The molecule has 14 heteroatoms. The van der Waals surface area contributed by atoms with Gasteiger partial charge in [0.2, 0.25) is 17.8 Å². The fourth-order valence-electron chi connectivity index (χ4n) is 4.11. The fourth-order valence-corrected chi connectivity index (χ4v) is 5.20. The van der Waals surface area contributed by atoms with Crippen LogP contribution in [-0.2, 0) is 27.8 Å². The van der Waals surface area contributed by atoms with Crippen LogP contribution in [0.1, 0.15) is 16.7 Å². The molecule has 4 rings (SSSR count). The summed E-state index contributed by atoms with van der Waals surface area (Å²) < 4.78 is 33.2. The van der Waals surface area contributed by atoms with E-state index in [1.54, 1.807) is 62.4 Å². The van der Waals surface area contributed by atoms with E-state index >= 15 is 0 Å². The summed E-state index contributed by atoms with van der Waals surface area (Å²) in [6.45, 7) is 2.25. The summed E-state index contributed by atoms with van der Waals surface area (Å²) in [6.07, 6.45) is -0.522. The number of carboxylic acid groups (broad SMARTS) is 1. The molecule has 1 atom stereocenters. The third kappa shape index (κ3) is 8.44. The number of carbonyl (C=O) groups excluding carboxylic acids is 1. The Morgan fingerprint density at radius 2 is 1.47 bits per heavy atom. The van der Waals surface area contributed by atoms with Gasteiger partial charge in [0.15, 0.2) is 0 Å². The van der Waals surface area contributed by atoms with Gasteiger partial charge in [0.05, 0.1) is 4.90 Å². The Labute approximate surface area is 262 Å². The van der Waals surface area contributed by atoms with Crippen molar-refractivity contribution in [3.05, 3.63) is 95.6 Å². The van der Waals surface area contributed by atoms with Crippen molar-refractivity contribution in [2.75, 3.05) is 42.7 Å². The van der Waals surface area contributed by atoms with Crippen molar-refractivity contribution in [2.45, 2.75) is 30.8 Å². The van der Waals surface area contributed by atoms with Crippen molar-refractivity contribution in [3.63, 3.8) is 0 Å². The van der Waals surface area contributed by atoms with Gasteiger partial charge in [0.1, 0.15) is 11.8 Å². The Morgan fingerprint density at radius 1 is 0.844 bits per heavy atom. The predicted molar refractivity (Wildman–Crippen MR) is 170 cm³/mol. The highest BCUT2D eigenvalue weighted by atomic mass is 32.2. The first-order chi connectivity index (χ1) is 21.3. The van der Waals surface area contributed by atoms with Crippen molar-refractivity contribution in [1.29, 1.82) is 0 Å². The molecule has 0 aliphatic carbocycles. The number of aromatic nitrogens is 3. The molecule has 13 nitrogen and oxygen atoms in total. The Morgan fingerprint density at radius 3 is 2.07 bits per heavy atom. The molecule has 0 aliphatic rings. The lowest BCUT2D eigenvalue weighted by molar-refractivity contribution is -0.137. The molecule has 1 amide bonds. The zero-order chi connectivity index (χ0) is 32.7. The molecule has 1 aromatic heterocycles. The minimum absolute atomic E-state index is 0.0188. The lowest BCUT2D eigenvalue weighted by Gasteiger charge is -2.23. The molecule has 0 saturated carbocycles. The van der Waals surface area contributed by atoms with Crippen LogP contribution in [0.3, 0.4) is 0 Å². The van der Waals surface area contributed by atoms with Gasteiger partial charge in [0.25, 0.3) is 10.0 Å². The van der Waals surface area contributed by atoms with E-state index in [-0.39, 0.29) is 29.2 Å². The van der Waals surface area contributed by atoms with Gasteiger partial charge < -0.3 is 25.0 Å². The van der Waals surface area contributed by atoms with E-state index in [9.17, 15) is 23.1 Å². The molecule has 3 aromatic carbocycles. The van der Waals surface area contributed by atoms with Crippen LogP contribution >= 0.6 is 0 Å². The van der Waals surface area contributed by atoms with E-state index in [0.29, 0.717) is 17.9 Å². The minimum Gasteiger partial charge on any atom is -0.480 e. The molecule has 0 saturated heterocycles. The predicted octanol–water partition coefficient (Wildman–Crippen LogP) is 3.81. The number of amides is 1. The van der Waals surface area contributed by atoms with Crippen LogP contribution < -0.4 is 19.3 Å². The molecule has 0 spiro atoms. The molecule has 2 N–H and O–H groups in total. The summed E-state index contributed by atoms with van der Waals surface area (Å²) in [7, 11) is 2.13. The quantitative estimate of drug-likeness (QED) is 0.234. The van der Waals surface area contributed by atoms with E-state index in [4.69, 9.17) is 4.74 Å². The summed E-state index contributed by atoms with van der Waals surface area (Å²) in [4.78, 5) is 40.4. The second-order valence-corrected chi connectivity index (χ2v) is 12.5. The number of hydrogen-bond donors (Lipinski definition) is 2. The largest absolute Gasteiger partial charge is 0.480 e. The molecular formula is C31H35N7O6S. The summed E-state index contributed by atoms with van der Waals surface area (Å²) in [6, 6.07) is 21.2. The average Bonchev–Trinajstić information content (AvgIpc) is 3.01. The summed E-state index contributed by atoms with van der Waals surface area (Å²) in [5.41, 5.74) is 2.49. The molecule has 0 aliphatic heterocycles. The highest BCUT2D eigenvalue weighted by Crippen LogP contribution is 2.24. The maximum absolute atomic E-state index is 13.5. The van der Waals surface area contributed by atoms with Crippen molar-refractivity contribution >= 4 is 39.9 Å². The zero-order valence-electron chi connectivity index (χ0n) is 25.6. The average molecular weight is 634 g/mol. The van der Waals surface area contributed by atoms with Gasteiger partial charge in [-0.3, -0.25) is 0 Å². The number of carbonyl (C=O) groups is 2. The summed E-state index contributed by atoms with van der Waals surface area (Å²) in [5, 5.41) is 12.9. The number of hydrogen-bond acceptors (Lipinski definition) is 10. The zero-order valence-corrected chi connectivity index (χ0v) is 26.4. The molecule has 0 bridgehead atoms. The number of anilines is 3. The number of rotatable bonds is 12. The molecule has 45 heavy (non-hydrogen) atoms.